The smallest absolute Gasteiger partial charge is 0.255 e. The third kappa shape index (κ3) is 4.91. The third-order valence-corrected chi connectivity index (χ3v) is 3.31. The fourth-order valence-electron chi connectivity index (χ4n) is 2.04. The Labute approximate surface area is 142 Å². The van der Waals surface area contributed by atoms with Gasteiger partial charge in [-0.25, -0.2) is 0 Å². The van der Waals surface area contributed by atoms with Gasteiger partial charge >= 0.3 is 0 Å². The Kier molecular flexibility index (Phi) is 6.07. The van der Waals surface area contributed by atoms with Gasteiger partial charge in [0.25, 0.3) is 5.91 Å². The van der Waals surface area contributed by atoms with Crippen molar-refractivity contribution < 1.29 is 19.0 Å². The van der Waals surface area contributed by atoms with Crippen molar-refractivity contribution in [1.82, 2.24) is 0 Å². The number of benzene rings is 2. The molecule has 0 bridgehead atoms. The van der Waals surface area contributed by atoms with E-state index in [1.165, 1.54) is 0 Å². The average molecular weight is 329 g/mol. The Hall–Kier alpha value is -2.69. The standard InChI is InChI=1S/C19H23NO4/c1-13(2)12-24-16-7-5-15(6-8-16)20-19(21)14-9-17(22-3)11-18(10-14)23-4/h5-11,13H,12H2,1-4H3,(H,20,21). The summed E-state index contributed by atoms with van der Waals surface area (Å²) in [6, 6.07) is 12.3. The summed E-state index contributed by atoms with van der Waals surface area (Å²) in [6.07, 6.45) is 0. The molecule has 0 spiro atoms. The van der Waals surface area contributed by atoms with Crippen molar-refractivity contribution >= 4 is 11.6 Å². The maximum Gasteiger partial charge on any atom is 0.255 e. The summed E-state index contributed by atoms with van der Waals surface area (Å²) in [4.78, 5) is 12.4. The molecular formula is C19H23NO4. The van der Waals surface area contributed by atoms with Crippen LogP contribution in [0.4, 0.5) is 5.69 Å². The number of rotatable bonds is 7. The average Bonchev–Trinajstić information content (AvgIpc) is 2.60. The van der Waals surface area contributed by atoms with E-state index in [0.717, 1.165) is 5.75 Å². The molecule has 2 aromatic carbocycles. The first-order chi connectivity index (χ1) is 11.5. The molecule has 0 unspecified atom stereocenters. The van der Waals surface area contributed by atoms with Gasteiger partial charge in [-0.3, -0.25) is 4.79 Å². The Morgan fingerprint density at radius 1 is 0.958 bits per heavy atom. The minimum absolute atomic E-state index is 0.233. The van der Waals surface area contributed by atoms with Crippen LogP contribution in [0.1, 0.15) is 24.2 Å². The van der Waals surface area contributed by atoms with Gasteiger partial charge in [0.15, 0.2) is 0 Å². The molecule has 0 fully saturated rings. The van der Waals surface area contributed by atoms with Gasteiger partial charge in [0.2, 0.25) is 0 Å². The van der Waals surface area contributed by atoms with Gasteiger partial charge in [0.05, 0.1) is 20.8 Å². The summed E-state index contributed by atoms with van der Waals surface area (Å²) in [5.74, 6) is 2.15. The van der Waals surface area contributed by atoms with Gasteiger partial charge in [0.1, 0.15) is 17.2 Å². The van der Waals surface area contributed by atoms with E-state index in [-0.39, 0.29) is 5.91 Å². The van der Waals surface area contributed by atoms with Gasteiger partial charge in [-0.15, -0.1) is 0 Å². The minimum atomic E-state index is -0.233. The zero-order valence-corrected chi connectivity index (χ0v) is 14.5. The predicted molar refractivity (Wildman–Crippen MR) is 94.3 cm³/mol. The first kappa shape index (κ1) is 17.7. The summed E-state index contributed by atoms with van der Waals surface area (Å²) >= 11 is 0. The van der Waals surface area contributed by atoms with E-state index in [4.69, 9.17) is 14.2 Å². The van der Waals surface area contributed by atoms with E-state index in [2.05, 4.69) is 19.2 Å². The van der Waals surface area contributed by atoms with E-state index in [0.29, 0.717) is 35.3 Å². The molecule has 2 aromatic rings. The maximum atomic E-state index is 12.4. The van der Waals surface area contributed by atoms with E-state index >= 15 is 0 Å². The molecule has 0 heterocycles. The highest BCUT2D eigenvalue weighted by Crippen LogP contribution is 2.23. The number of hydrogen-bond acceptors (Lipinski definition) is 4. The van der Waals surface area contributed by atoms with Crippen LogP contribution in [0.5, 0.6) is 17.2 Å². The number of hydrogen-bond donors (Lipinski definition) is 1. The summed E-state index contributed by atoms with van der Waals surface area (Å²) in [6.45, 7) is 4.85. The van der Waals surface area contributed by atoms with Gasteiger partial charge in [-0.1, -0.05) is 13.8 Å². The van der Waals surface area contributed by atoms with Crippen LogP contribution in [0.3, 0.4) is 0 Å². The third-order valence-electron chi connectivity index (χ3n) is 3.31. The number of nitrogens with one attached hydrogen (secondary N) is 1. The Bertz CT molecular complexity index is 658. The highest BCUT2D eigenvalue weighted by Gasteiger charge is 2.10. The molecule has 0 saturated heterocycles. The molecule has 0 saturated carbocycles. The number of ether oxygens (including phenoxy) is 3. The lowest BCUT2D eigenvalue weighted by atomic mass is 10.1. The molecule has 0 radical (unpaired) electrons. The largest absolute Gasteiger partial charge is 0.497 e. The molecule has 1 amide bonds. The van der Waals surface area contributed by atoms with Crippen LogP contribution in [0.2, 0.25) is 0 Å². The molecule has 128 valence electrons. The Morgan fingerprint density at radius 3 is 2.04 bits per heavy atom. The van der Waals surface area contributed by atoms with Crippen LogP contribution in [0.15, 0.2) is 42.5 Å². The molecule has 24 heavy (non-hydrogen) atoms. The summed E-state index contributed by atoms with van der Waals surface area (Å²) in [5, 5.41) is 2.85. The highest BCUT2D eigenvalue weighted by atomic mass is 16.5. The lowest BCUT2D eigenvalue weighted by molar-refractivity contribution is 0.102. The topological polar surface area (TPSA) is 56.8 Å². The Morgan fingerprint density at radius 2 is 1.54 bits per heavy atom. The van der Waals surface area contributed by atoms with Crippen LogP contribution in [-0.4, -0.2) is 26.7 Å². The van der Waals surface area contributed by atoms with Crippen molar-refractivity contribution in [2.24, 2.45) is 5.92 Å². The van der Waals surface area contributed by atoms with Crippen LogP contribution >= 0.6 is 0 Å². The second-order valence-electron chi connectivity index (χ2n) is 5.78. The second kappa shape index (κ2) is 8.24. The monoisotopic (exact) mass is 329 g/mol. The summed E-state index contributed by atoms with van der Waals surface area (Å²) in [7, 11) is 3.10. The van der Waals surface area contributed by atoms with E-state index in [9.17, 15) is 4.79 Å². The molecule has 5 nitrogen and oxygen atoms in total. The van der Waals surface area contributed by atoms with Crippen molar-refractivity contribution in [3.05, 3.63) is 48.0 Å². The van der Waals surface area contributed by atoms with Crippen LogP contribution in [-0.2, 0) is 0 Å². The van der Waals surface area contributed by atoms with Crippen molar-refractivity contribution in [2.75, 3.05) is 26.1 Å². The molecule has 0 aliphatic carbocycles. The minimum Gasteiger partial charge on any atom is -0.497 e. The highest BCUT2D eigenvalue weighted by molar-refractivity contribution is 6.04. The van der Waals surface area contributed by atoms with E-state index < -0.39 is 0 Å². The number of carbonyl (C=O) groups is 1. The molecule has 5 heteroatoms. The normalized spacial score (nSPS) is 10.4. The molecule has 0 aliphatic heterocycles. The quantitative estimate of drug-likeness (QED) is 0.834. The number of carbonyl (C=O) groups excluding carboxylic acids is 1. The van der Waals surface area contributed by atoms with E-state index in [1.807, 2.05) is 24.3 Å². The van der Waals surface area contributed by atoms with Gasteiger partial charge in [-0.05, 0) is 42.3 Å². The molecule has 1 N–H and O–H groups in total. The SMILES string of the molecule is COc1cc(OC)cc(C(=O)Nc2ccc(OCC(C)C)cc2)c1. The summed E-state index contributed by atoms with van der Waals surface area (Å²) in [5.41, 5.74) is 1.16. The van der Waals surface area contributed by atoms with Crippen LogP contribution in [0, 0.1) is 5.92 Å². The van der Waals surface area contributed by atoms with Crippen molar-refractivity contribution in [3.63, 3.8) is 0 Å². The second-order valence-corrected chi connectivity index (χ2v) is 5.78. The molecule has 0 atom stereocenters. The number of methoxy groups -OCH3 is 2. The number of amides is 1. The lowest BCUT2D eigenvalue weighted by Crippen LogP contribution is -2.12. The predicted octanol–water partition coefficient (Wildman–Crippen LogP) is 3.99. The maximum absolute atomic E-state index is 12.4. The first-order valence-electron chi connectivity index (χ1n) is 7.79. The fourth-order valence-corrected chi connectivity index (χ4v) is 2.04. The fraction of sp³-hybridized carbons (Fsp3) is 0.316. The first-order valence-corrected chi connectivity index (χ1v) is 7.79. The molecule has 2 rings (SSSR count). The summed E-state index contributed by atoms with van der Waals surface area (Å²) < 4.78 is 16.0. The van der Waals surface area contributed by atoms with Crippen LogP contribution in [0.25, 0.3) is 0 Å². The van der Waals surface area contributed by atoms with Crippen LogP contribution < -0.4 is 19.5 Å². The number of anilines is 1. The molecule has 0 aliphatic rings. The van der Waals surface area contributed by atoms with Crippen molar-refractivity contribution in [2.45, 2.75) is 13.8 Å². The zero-order chi connectivity index (χ0) is 17.5. The Balaban J connectivity index is 2.06. The van der Waals surface area contributed by atoms with E-state index in [1.54, 1.807) is 32.4 Å². The van der Waals surface area contributed by atoms with Gasteiger partial charge < -0.3 is 19.5 Å². The molecular weight excluding hydrogens is 306 g/mol. The van der Waals surface area contributed by atoms with Gasteiger partial charge in [-0.2, -0.15) is 0 Å². The van der Waals surface area contributed by atoms with Gasteiger partial charge in [0, 0.05) is 17.3 Å². The molecule has 0 aromatic heterocycles. The van der Waals surface area contributed by atoms with Crippen molar-refractivity contribution in [1.29, 1.82) is 0 Å². The zero-order valence-electron chi connectivity index (χ0n) is 14.5. The van der Waals surface area contributed by atoms with Crippen molar-refractivity contribution in [3.8, 4) is 17.2 Å². The lowest BCUT2D eigenvalue weighted by Gasteiger charge is -2.11.